The standard InChI is InChI=1S/C22H28N2O3/c1-2-14-26-19-9-11-20(12-10-19)27-22-18(8-5-13-23-22)16-24-21(25)15-17-6-3-4-7-17/h5,8-13,17H,2-4,6-7,14-16H2,1H3,(H,24,25). The molecule has 0 bridgehead atoms. The van der Waals surface area contributed by atoms with Crippen LogP contribution >= 0.6 is 0 Å². The molecule has 1 fully saturated rings. The number of nitrogens with zero attached hydrogens (tertiary/aromatic N) is 1. The second-order valence-corrected chi connectivity index (χ2v) is 7.02. The van der Waals surface area contributed by atoms with Crippen LogP contribution in [0.2, 0.25) is 0 Å². The molecule has 144 valence electrons. The van der Waals surface area contributed by atoms with E-state index in [2.05, 4.69) is 17.2 Å². The van der Waals surface area contributed by atoms with Crippen molar-refractivity contribution in [2.45, 2.75) is 52.0 Å². The first-order valence-electron chi connectivity index (χ1n) is 9.86. The Labute approximate surface area is 161 Å². The molecule has 1 aliphatic rings. The Hall–Kier alpha value is -2.56. The van der Waals surface area contributed by atoms with Crippen LogP contribution < -0.4 is 14.8 Å². The Balaban J connectivity index is 1.56. The van der Waals surface area contributed by atoms with E-state index in [1.54, 1.807) is 6.20 Å². The number of carbonyl (C=O) groups excluding carboxylic acids is 1. The zero-order chi connectivity index (χ0) is 18.9. The number of benzene rings is 1. The first-order chi connectivity index (χ1) is 13.2. The third-order valence-electron chi connectivity index (χ3n) is 4.79. The quantitative estimate of drug-likeness (QED) is 0.687. The number of ether oxygens (including phenoxy) is 2. The van der Waals surface area contributed by atoms with Crippen LogP contribution in [0.15, 0.2) is 42.6 Å². The monoisotopic (exact) mass is 368 g/mol. The number of rotatable bonds is 9. The van der Waals surface area contributed by atoms with Crippen LogP contribution in [0.1, 0.15) is 51.0 Å². The number of hydrogen-bond donors (Lipinski definition) is 1. The van der Waals surface area contributed by atoms with E-state index in [1.165, 1.54) is 25.7 Å². The lowest BCUT2D eigenvalue weighted by Crippen LogP contribution is -2.24. The van der Waals surface area contributed by atoms with E-state index in [-0.39, 0.29) is 5.91 Å². The van der Waals surface area contributed by atoms with Gasteiger partial charge in [0, 0.05) is 24.7 Å². The molecule has 0 unspecified atom stereocenters. The van der Waals surface area contributed by atoms with Crippen molar-refractivity contribution in [1.29, 1.82) is 0 Å². The first kappa shape index (κ1) is 19.2. The molecule has 27 heavy (non-hydrogen) atoms. The van der Waals surface area contributed by atoms with Gasteiger partial charge in [0.15, 0.2) is 0 Å². The summed E-state index contributed by atoms with van der Waals surface area (Å²) in [4.78, 5) is 16.5. The van der Waals surface area contributed by atoms with Gasteiger partial charge < -0.3 is 14.8 Å². The maximum Gasteiger partial charge on any atom is 0.224 e. The number of pyridine rings is 1. The highest BCUT2D eigenvalue weighted by molar-refractivity contribution is 5.76. The van der Waals surface area contributed by atoms with Crippen molar-refractivity contribution in [3.8, 4) is 17.4 Å². The summed E-state index contributed by atoms with van der Waals surface area (Å²) in [5.41, 5.74) is 0.864. The lowest BCUT2D eigenvalue weighted by Gasteiger charge is -2.13. The molecule has 1 aromatic heterocycles. The van der Waals surface area contributed by atoms with Crippen LogP contribution in [0.25, 0.3) is 0 Å². The minimum Gasteiger partial charge on any atom is -0.494 e. The molecule has 1 heterocycles. The lowest BCUT2D eigenvalue weighted by atomic mass is 10.0. The van der Waals surface area contributed by atoms with Gasteiger partial charge in [0.05, 0.1) is 6.61 Å². The molecule has 1 N–H and O–H groups in total. The summed E-state index contributed by atoms with van der Waals surface area (Å²) in [5.74, 6) is 2.68. The molecule has 2 aromatic rings. The van der Waals surface area contributed by atoms with Crippen molar-refractivity contribution in [3.05, 3.63) is 48.2 Å². The Morgan fingerprint density at radius 3 is 2.63 bits per heavy atom. The smallest absolute Gasteiger partial charge is 0.224 e. The van der Waals surface area contributed by atoms with Crippen LogP contribution in [0.3, 0.4) is 0 Å². The zero-order valence-electron chi connectivity index (χ0n) is 15.9. The number of amides is 1. The normalized spacial score (nSPS) is 14.1. The summed E-state index contributed by atoms with van der Waals surface area (Å²) in [6.45, 7) is 3.20. The zero-order valence-corrected chi connectivity index (χ0v) is 15.9. The van der Waals surface area contributed by atoms with Gasteiger partial charge in [0.2, 0.25) is 11.8 Å². The number of hydrogen-bond acceptors (Lipinski definition) is 4. The highest BCUT2D eigenvalue weighted by atomic mass is 16.5. The van der Waals surface area contributed by atoms with Crippen molar-refractivity contribution < 1.29 is 14.3 Å². The molecule has 0 spiro atoms. The molecule has 1 aromatic carbocycles. The molecular weight excluding hydrogens is 340 g/mol. The van der Waals surface area contributed by atoms with Crippen molar-refractivity contribution in [3.63, 3.8) is 0 Å². The second-order valence-electron chi connectivity index (χ2n) is 7.02. The molecule has 0 saturated heterocycles. The van der Waals surface area contributed by atoms with E-state index in [1.807, 2.05) is 36.4 Å². The SMILES string of the molecule is CCCOc1ccc(Oc2ncccc2CNC(=O)CC2CCCC2)cc1. The second kappa shape index (κ2) is 9.95. The van der Waals surface area contributed by atoms with E-state index < -0.39 is 0 Å². The average Bonchev–Trinajstić information content (AvgIpc) is 3.20. The maximum atomic E-state index is 12.2. The Bertz CT molecular complexity index is 725. The van der Waals surface area contributed by atoms with Gasteiger partial charge in [-0.25, -0.2) is 4.98 Å². The summed E-state index contributed by atoms with van der Waals surface area (Å²) in [6, 6.07) is 11.3. The Morgan fingerprint density at radius 2 is 1.89 bits per heavy atom. The predicted octanol–water partition coefficient (Wildman–Crippen LogP) is 4.86. The molecule has 1 saturated carbocycles. The molecule has 1 aliphatic carbocycles. The summed E-state index contributed by atoms with van der Waals surface area (Å²) < 4.78 is 11.5. The van der Waals surface area contributed by atoms with Gasteiger partial charge in [0.25, 0.3) is 0 Å². The summed E-state index contributed by atoms with van der Waals surface area (Å²) >= 11 is 0. The van der Waals surface area contributed by atoms with Crippen molar-refractivity contribution in [2.24, 2.45) is 5.92 Å². The Morgan fingerprint density at radius 1 is 1.15 bits per heavy atom. The maximum absolute atomic E-state index is 12.2. The summed E-state index contributed by atoms with van der Waals surface area (Å²) in [6.07, 6.45) is 8.14. The molecule has 0 aliphatic heterocycles. The van der Waals surface area contributed by atoms with Crippen LogP contribution in [0.4, 0.5) is 0 Å². The van der Waals surface area contributed by atoms with E-state index in [0.717, 1.165) is 17.7 Å². The van der Waals surface area contributed by atoms with Gasteiger partial charge in [-0.2, -0.15) is 0 Å². The molecule has 0 atom stereocenters. The van der Waals surface area contributed by atoms with Crippen LogP contribution in [-0.2, 0) is 11.3 Å². The van der Waals surface area contributed by atoms with E-state index in [9.17, 15) is 4.79 Å². The van der Waals surface area contributed by atoms with E-state index >= 15 is 0 Å². The fourth-order valence-corrected chi connectivity index (χ4v) is 3.33. The predicted molar refractivity (Wildman–Crippen MR) is 105 cm³/mol. The average molecular weight is 368 g/mol. The third kappa shape index (κ3) is 5.98. The van der Waals surface area contributed by atoms with Crippen LogP contribution in [0.5, 0.6) is 17.4 Å². The molecular formula is C22H28N2O3. The van der Waals surface area contributed by atoms with Gasteiger partial charge in [0.1, 0.15) is 11.5 Å². The molecule has 3 rings (SSSR count). The van der Waals surface area contributed by atoms with Gasteiger partial charge in [-0.15, -0.1) is 0 Å². The Kier molecular flexibility index (Phi) is 7.08. The number of carbonyl (C=O) groups is 1. The van der Waals surface area contributed by atoms with Gasteiger partial charge in [-0.3, -0.25) is 4.79 Å². The fraction of sp³-hybridized carbons (Fsp3) is 0.455. The lowest BCUT2D eigenvalue weighted by molar-refractivity contribution is -0.122. The van der Waals surface area contributed by atoms with Crippen molar-refractivity contribution in [1.82, 2.24) is 10.3 Å². The summed E-state index contributed by atoms with van der Waals surface area (Å²) in [5, 5.41) is 3.01. The van der Waals surface area contributed by atoms with Crippen molar-refractivity contribution >= 4 is 5.91 Å². The molecule has 0 radical (unpaired) electrons. The van der Waals surface area contributed by atoms with Crippen molar-refractivity contribution in [2.75, 3.05) is 6.61 Å². The highest BCUT2D eigenvalue weighted by Crippen LogP contribution is 2.28. The number of aromatic nitrogens is 1. The molecule has 5 nitrogen and oxygen atoms in total. The van der Waals surface area contributed by atoms with Gasteiger partial charge in [-0.05, 0) is 55.5 Å². The first-order valence-corrected chi connectivity index (χ1v) is 9.86. The van der Waals surface area contributed by atoms with Gasteiger partial charge in [-0.1, -0.05) is 25.8 Å². The number of nitrogens with one attached hydrogen (secondary N) is 1. The van der Waals surface area contributed by atoms with Gasteiger partial charge >= 0.3 is 0 Å². The highest BCUT2D eigenvalue weighted by Gasteiger charge is 2.18. The third-order valence-corrected chi connectivity index (χ3v) is 4.79. The topological polar surface area (TPSA) is 60.5 Å². The fourth-order valence-electron chi connectivity index (χ4n) is 3.33. The van der Waals surface area contributed by atoms with E-state index in [0.29, 0.717) is 37.1 Å². The summed E-state index contributed by atoms with van der Waals surface area (Å²) in [7, 11) is 0. The largest absolute Gasteiger partial charge is 0.494 e. The molecule has 1 amide bonds. The molecule has 5 heteroatoms. The van der Waals surface area contributed by atoms with Crippen LogP contribution in [0, 0.1) is 5.92 Å². The minimum absolute atomic E-state index is 0.106. The van der Waals surface area contributed by atoms with Crippen LogP contribution in [-0.4, -0.2) is 17.5 Å². The minimum atomic E-state index is 0.106. The van der Waals surface area contributed by atoms with E-state index in [4.69, 9.17) is 9.47 Å².